The number of ether oxygens (including phenoxy) is 2. The van der Waals surface area contributed by atoms with Gasteiger partial charge >= 0.3 is 0 Å². The summed E-state index contributed by atoms with van der Waals surface area (Å²) < 4.78 is 11.2. The van der Waals surface area contributed by atoms with Crippen molar-refractivity contribution in [1.29, 1.82) is 0 Å². The van der Waals surface area contributed by atoms with Gasteiger partial charge in [-0.3, -0.25) is 4.79 Å². The molecule has 4 nitrogen and oxygen atoms in total. The van der Waals surface area contributed by atoms with Gasteiger partial charge in [0.05, 0.1) is 5.56 Å². The molecule has 0 spiro atoms. The zero-order valence-electron chi connectivity index (χ0n) is 9.57. The zero-order chi connectivity index (χ0) is 11.9. The number of benzene rings is 1. The molecule has 17 heavy (non-hydrogen) atoms. The molecule has 1 saturated carbocycles. The number of fused-ring (bicyclic) bond motifs is 1. The molecule has 0 unspecified atom stereocenters. The Hall–Kier alpha value is -1.55. The summed E-state index contributed by atoms with van der Waals surface area (Å²) in [5.74, 6) is 1.31. The normalized spacial score (nSPS) is 19.8. The Kier molecular flexibility index (Phi) is 2.33. The average Bonchev–Trinajstić information content (AvgIpc) is 3.18. The van der Waals surface area contributed by atoms with Gasteiger partial charge in [0.25, 0.3) is 0 Å². The fourth-order valence-electron chi connectivity index (χ4n) is 2.40. The number of hydrogen-bond donors (Lipinski definition) is 1. The molecule has 4 heteroatoms. The number of carbonyl (C=O) groups excluding carboxylic acids is 1. The molecule has 1 aromatic rings. The van der Waals surface area contributed by atoms with E-state index in [0.29, 0.717) is 31.1 Å². The lowest BCUT2D eigenvalue weighted by molar-refractivity contribution is 0.111. The zero-order valence-corrected chi connectivity index (χ0v) is 9.57. The van der Waals surface area contributed by atoms with Crippen LogP contribution >= 0.6 is 0 Å². The van der Waals surface area contributed by atoms with E-state index >= 15 is 0 Å². The van der Waals surface area contributed by atoms with E-state index in [4.69, 9.17) is 15.2 Å². The molecule has 2 aliphatic rings. The molecule has 0 atom stereocenters. The van der Waals surface area contributed by atoms with Crippen LogP contribution in [0.4, 0.5) is 0 Å². The number of carbonyl (C=O) groups is 1. The van der Waals surface area contributed by atoms with E-state index in [1.165, 1.54) is 0 Å². The Labute approximate surface area is 99.7 Å². The van der Waals surface area contributed by atoms with E-state index in [9.17, 15) is 4.79 Å². The first-order chi connectivity index (χ1) is 8.30. The van der Waals surface area contributed by atoms with Crippen LogP contribution in [0.25, 0.3) is 0 Å². The predicted molar refractivity (Wildman–Crippen MR) is 62.8 cm³/mol. The fraction of sp³-hybridized carbons (Fsp3) is 0.462. The summed E-state index contributed by atoms with van der Waals surface area (Å²) in [6.45, 7) is 1.64. The molecule has 1 aromatic carbocycles. The van der Waals surface area contributed by atoms with E-state index in [2.05, 4.69) is 0 Å². The maximum atomic E-state index is 11.0. The average molecular weight is 233 g/mol. The van der Waals surface area contributed by atoms with E-state index in [0.717, 1.165) is 30.4 Å². The summed E-state index contributed by atoms with van der Waals surface area (Å²) in [5, 5.41) is 0. The van der Waals surface area contributed by atoms with Crippen LogP contribution < -0.4 is 15.2 Å². The number of aldehydes is 1. The summed E-state index contributed by atoms with van der Waals surface area (Å²) in [4.78, 5) is 11.0. The van der Waals surface area contributed by atoms with Crippen LogP contribution in [0.3, 0.4) is 0 Å². The summed E-state index contributed by atoms with van der Waals surface area (Å²) >= 11 is 0. The molecule has 1 aliphatic heterocycles. The lowest BCUT2D eigenvalue weighted by Gasteiger charge is -2.25. The highest BCUT2D eigenvalue weighted by Crippen LogP contribution is 2.53. The second kappa shape index (κ2) is 3.74. The minimum Gasteiger partial charge on any atom is -0.486 e. The number of rotatable bonds is 3. The molecule has 1 heterocycles. The molecular weight excluding hydrogens is 218 g/mol. The van der Waals surface area contributed by atoms with Crippen molar-refractivity contribution in [2.75, 3.05) is 19.8 Å². The molecule has 0 radical (unpaired) electrons. The van der Waals surface area contributed by atoms with Crippen LogP contribution in [-0.4, -0.2) is 26.0 Å². The summed E-state index contributed by atoms with van der Waals surface area (Å²) in [7, 11) is 0. The lowest BCUT2D eigenvalue weighted by atomic mass is 9.93. The van der Waals surface area contributed by atoms with Crippen molar-refractivity contribution in [3.63, 3.8) is 0 Å². The Bertz CT molecular complexity index is 466. The minimum atomic E-state index is 0.0478. The Balaban J connectivity index is 2.14. The second-order valence-electron chi connectivity index (χ2n) is 4.66. The summed E-state index contributed by atoms with van der Waals surface area (Å²) in [5.41, 5.74) is 7.54. The summed E-state index contributed by atoms with van der Waals surface area (Å²) in [6.07, 6.45) is 2.97. The van der Waals surface area contributed by atoms with Gasteiger partial charge in [-0.05, 0) is 18.9 Å². The van der Waals surface area contributed by atoms with E-state index in [-0.39, 0.29) is 5.41 Å². The maximum Gasteiger partial charge on any atom is 0.172 e. The van der Waals surface area contributed by atoms with Gasteiger partial charge < -0.3 is 15.2 Å². The highest BCUT2D eigenvalue weighted by atomic mass is 16.6. The molecule has 0 aromatic heterocycles. The number of hydrogen-bond acceptors (Lipinski definition) is 4. The highest BCUT2D eigenvalue weighted by Gasteiger charge is 2.46. The van der Waals surface area contributed by atoms with Gasteiger partial charge in [0.1, 0.15) is 13.2 Å². The van der Waals surface area contributed by atoms with E-state index in [1.54, 1.807) is 6.07 Å². The van der Waals surface area contributed by atoms with Crippen LogP contribution in [-0.2, 0) is 5.41 Å². The van der Waals surface area contributed by atoms with Crippen molar-refractivity contribution < 1.29 is 14.3 Å². The van der Waals surface area contributed by atoms with Crippen LogP contribution in [0, 0.1) is 0 Å². The first kappa shape index (κ1) is 10.6. The van der Waals surface area contributed by atoms with Gasteiger partial charge in [0.15, 0.2) is 17.8 Å². The largest absolute Gasteiger partial charge is 0.486 e. The van der Waals surface area contributed by atoms with Gasteiger partial charge in [0.2, 0.25) is 0 Å². The molecule has 1 aliphatic carbocycles. The van der Waals surface area contributed by atoms with Gasteiger partial charge in [0, 0.05) is 17.5 Å². The Morgan fingerprint density at radius 2 is 1.94 bits per heavy atom. The second-order valence-corrected chi connectivity index (χ2v) is 4.66. The van der Waals surface area contributed by atoms with Gasteiger partial charge in [-0.1, -0.05) is 6.07 Å². The molecule has 0 amide bonds. The van der Waals surface area contributed by atoms with Crippen LogP contribution in [0.1, 0.15) is 28.8 Å². The first-order valence-corrected chi connectivity index (χ1v) is 5.89. The smallest absolute Gasteiger partial charge is 0.172 e. The minimum absolute atomic E-state index is 0.0478. The van der Waals surface area contributed by atoms with Gasteiger partial charge in [-0.25, -0.2) is 0 Å². The molecule has 2 N–H and O–H groups in total. The molecule has 1 fully saturated rings. The summed E-state index contributed by atoms with van der Waals surface area (Å²) in [6, 6.07) is 3.75. The Morgan fingerprint density at radius 1 is 1.24 bits per heavy atom. The lowest BCUT2D eigenvalue weighted by Crippen LogP contribution is -2.24. The molecule has 90 valence electrons. The maximum absolute atomic E-state index is 11.0. The third kappa shape index (κ3) is 1.52. The van der Waals surface area contributed by atoms with Crippen LogP contribution in [0.5, 0.6) is 11.5 Å². The van der Waals surface area contributed by atoms with Crippen molar-refractivity contribution >= 4 is 6.29 Å². The highest BCUT2D eigenvalue weighted by molar-refractivity contribution is 5.82. The van der Waals surface area contributed by atoms with E-state index < -0.39 is 0 Å². The van der Waals surface area contributed by atoms with Crippen molar-refractivity contribution in [2.45, 2.75) is 18.3 Å². The molecule has 0 saturated heterocycles. The van der Waals surface area contributed by atoms with Crippen molar-refractivity contribution in [3.8, 4) is 11.5 Å². The predicted octanol–water partition coefficient (Wildman–Crippen LogP) is 1.26. The first-order valence-electron chi connectivity index (χ1n) is 5.89. The third-order valence-electron chi connectivity index (χ3n) is 3.66. The Morgan fingerprint density at radius 3 is 2.53 bits per heavy atom. The standard InChI is InChI=1S/C13H15NO3/c14-8-13(3-4-13)10-2-1-9(7-15)11-12(10)17-6-5-16-11/h1-2,7H,3-6,8,14H2. The van der Waals surface area contributed by atoms with Crippen molar-refractivity contribution in [1.82, 2.24) is 0 Å². The van der Waals surface area contributed by atoms with Crippen LogP contribution in [0.15, 0.2) is 12.1 Å². The molecule has 0 bridgehead atoms. The topological polar surface area (TPSA) is 61.6 Å². The monoisotopic (exact) mass is 233 g/mol. The molecular formula is C13H15NO3. The van der Waals surface area contributed by atoms with Crippen molar-refractivity contribution in [3.05, 3.63) is 23.3 Å². The fourth-order valence-corrected chi connectivity index (χ4v) is 2.40. The quantitative estimate of drug-likeness (QED) is 0.798. The SMILES string of the molecule is NCC1(c2ccc(C=O)c3c2OCCO3)CC1. The van der Waals surface area contributed by atoms with Crippen molar-refractivity contribution in [2.24, 2.45) is 5.73 Å². The van der Waals surface area contributed by atoms with Crippen LogP contribution in [0.2, 0.25) is 0 Å². The molecule has 3 rings (SSSR count). The van der Waals surface area contributed by atoms with Gasteiger partial charge in [-0.15, -0.1) is 0 Å². The third-order valence-corrected chi connectivity index (χ3v) is 3.66. The number of nitrogens with two attached hydrogens (primary N) is 1. The van der Waals surface area contributed by atoms with E-state index in [1.807, 2.05) is 6.07 Å². The van der Waals surface area contributed by atoms with Gasteiger partial charge in [-0.2, -0.15) is 0 Å².